The molecular weight excluding hydrogens is 290 g/mol. The zero-order valence-corrected chi connectivity index (χ0v) is 13.4. The molecule has 3 N–H and O–H groups in total. The fourth-order valence-electron chi connectivity index (χ4n) is 2.33. The molecule has 0 saturated heterocycles. The van der Waals surface area contributed by atoms with Crippen LogP contribution in [-0.4, -0.2) is 25.4 Å². The van der Waals surface area contributed by atoms with Crippen LogP contribution in [0.15, 0.2) is 54.6 Å². The molecule has 5 nitrogen and oxygen atoms in total. The number of quaternary nitrogens is 1. The molecule has 0 aromatic heterocycles. The van der Waals surface area contributed by atoms with Crippen molar-refractivity contribution in [1.29, 1.82) is 0 Å². The highest BCUT2D eigenvalue weighted by Crippen LogP contribution is 2.13. The first kappa shape index (κ1) is 16.7. The van der Waals surface area contributed by atoms with Crippen molar-refractivity contribution in [2.24, 2.45) is 0 Å². The van der Waals surface area contributed by atoms with Crippen LogP contribution in [0.2, 0.25) is 0 Å². The first-order chi connectivity index (χ1) is 11.0. The molecular formula is C18H22N3O2+. The smallest absolute Gasteiger partial charge is 0.279 e. The molecule has 0 heterocycles. The Hall–Kier alpha value is -2.66. The molecule has 2 aromatic rings. The molecule has 5 heteroatoms. The lowest BCUT2D eigenvalue weighted by Gasteiger charge is -2.14. The van der Waals surface area contributed by atoms with Crippen molar-refractivity contribution < 1.29 is 14.5 Å². The third-order valence-electron chi connectivity index (χ3n) is 3.30. The molecule has 0 aliphatic heterocycles. The van der Waals surface area contributed by atoms with E-state index >= 15 is 0 Å². The molecule has 1 atom stereocenters. The molecule has 0 saturated carbocycles. The largest absolute Gasteiger partial charge is 0.326 e. The average molecular weight is 312 g/mol. The number of benzene rings is 2. The molecule has 2 amide bonds. The molecule has 0 fully saturated rings. The first-order valence-corrected chi connectivity index (χ1v) is 7.55. The SMILES string of the molecule is CC(=O)Nc1ccc(NC(=O)C[NH+](C)Cc2ccccc2)cc1. The van der Waals surface area contributed by atoms with E-state index in [0.717, 1.165) is 17.1 Å². The maximum absolute atomic E-state index is 12.1. The van der Waals surface area contributed by atoms with Crippen LogP contribution < -0.4 is 15.5 Å². The van der Waals surface area contributed by atoms with Gasteiger partial charge in [0.05, 0.1) is 7.05 Å². The number of hydrogen-bond donors (Lipinski definition) is 3. The van der Waals surface area contributed by atoms with Crippen molar-refractivity contribution in [3.05, 3.63) is 60.2 Å². The lowest BCUT2D eigenvalue weighted by atomic mass is 10.2. The maximum atomic E-state index is 12.1. The van der Waals surface area contributed by atoms with E-state index in [2.05, 4.69) is 22.8 Å². The lowest BCUT2D eigenvalue weighted by molar-refractivity contribution is -0.885. The molecule has 0 radical (unpaired) electrons. The van der Waals surface area contributed by atoms with Crippen LogP contribution >= 0.6 is 0 Å². The van der Waals surface area contributed by atoms with Crippen molar-refractivity contribution in [2.75, 3.05) is 24.2 Å². The number of carbonyl (C=O) groups is 2. The number of nitrogens with one attached hydrogen (secondary N) is 3. The lowest BCUT2D eigenvalue weighted by Crippen LogP contribution is -3.08. The predicted octanol–water partition coefficient (Wildman–Crippen LogP) is 1.30. The summed E-state index contributed by atoms with van der Waals surface area (Å²) in [7, 11) is 1.99. The van der Waals surface area contributed by atoms with E-state index in [9.17, 15) is 9.59 Å². The van der Waals surface area contributed by atoms with E-state index in [4.69, 9.17) is 0 Å². The Balaban J connectivity index is 1.83. The maximum Gasteiger partial charge on any atom is 0.279 e. The molecule has 0 bridgehead atoms. The van der Waals surface area contributed by atoms with Crippen LogP contribution in [-0.2, 0) is 16.1 Å². The molecule has 2 aromatic carbocycles. The van der Waals surface area contributed by atoms with Gasteiger partial charge in [0.2, 0.25) is 5.91 Å². The summed E-state index contributed by atoms with van der Waals surface area (Å²) in [6, 6.07) is 17.2. The highest BCUT2D eigenvalue weighted by Gasteiger charge is 2.10. The van der Waals surface area contributed by atoms with Gasteiger partial charge in [-0.1, -0.05) is 30.3 Å². The van der Waals surface area contributed by atoms with Crippen LogP contribution in [0.4, 0.5) is 11.4 Å². The second-order valence-electron chi connectivity index (χ2n) is 5.60. The van der Waals surface area contributed by atoms with Gasteiger partial charge in [0.1, 0.15) is 6.54 Å². The Labute approximate surface area is 136 Å². The number of anilines is 2. The molecule has 1 unspecified atom stereocenters. The van der Waals surface area contributed by atoms with E-state index in [1.165, 1.54) is 12.5 Å². The minimum atomic E-state index is -0.118. The van der Waals surface area contributed by atoms with Gasteiger partial charge in [-0.2, -0.15) is 0 Å². The monoisotopic (exact) mass is 312 g/mol. The fraction of sp³-hybridized carbons (Fsp3) is 0.222. The predicted molar refractivity (Wildman–Crippen MR) is 91.3 cm³/mol. The average Bonchev–Trinajstić information content (AvgIpc) is 2.49. The standard InChI is InChI=1S/C18H21N3O2/c1-14(22)19-16-8-10-17(11-9-16)20-18(23)13-21(2)12-15-6-4-3-5-7-15/h3-11H,12-13H2,1-2H3,(H,19,22)(H,20,23)/p+1. The summed E-state index contributed by atoms with van der Waals surface area (Å²) in [5.74, 6) is -0.154. The van der Waals surface area contributed by atoms with Gasteiger partial charge in [0.15, 0.2) is 6.54 Å². The summed E-state index contributed by atoms with van der Waals surface area (Å²) in [5.41, 5.74) is 2.64. The Morgan fingerprint density at radius 3 is 2.04 bits per heavy atom. The number of likely N-dealkylation sites (N-methyl/N-ethyl adjacent to an activating group) is 1. The number of hydrogen-bond acceptors (Lipinski definition) is 2. The van der Waals surface area contributed by atoms with E-state index in [0.29, 0.717) is 12.2 Å². The van der Waals surface area contributed by atoms with Crippen LogP contribution in [0.1, 0.15) is 12.5 Å². The highest BCUT2D eigenvalue weighted by molar-refractivity contribution is 5.92. The van der Waals surface area contributed by atoms with Gasteiger partial charge in [-0.25, -0.2) is 0 Å². The van der Waals surface area contributed by atoms with Crippen molar-refractivity contribution >= 4 is 23.2 Å². The van der Waals surface area contributed by atoms with Gasteiger partial charge in [-0.05, 0) is 24.3 Å². The van der Waals surface area contributed by atoms with Crippen LogP contribution in [0.3, 0.4) is 0 Å². The van der Waals surface area contributed by atoms with Gasteiger partial charge in [-0.15, -0.1) is 0 Å². The van der Waals surface area contributed by atoms with E-state index in [1.807, 2.05) is 25.2 Å². The van der Waals surface area contributed by atoms with E-state index in [-0.39, 0.29) is 11.8 Å². The topological polar surface area (TPSA) is 62.6 Å². The highest BCUT2D eigenvalue weighted by atomic mass is 16.2. The van der Waals surface area contributed by atoms with E-state index in [1.54, 1.807) is 24.3 Å². The van der Waals surface area contributed by atoms with Crippen LogP contribution in [0.25, 0.3) is 0 Å². The Kier molecular flexibility index (Phi) is 5.88. The number of carbonyl (C=O) groups excluding carboxylic acids is 2. The van der Waals surface area contributed by atoms with Gasteiger partial charge >= 0.3 is 0 Å². The van der Waals surface area contributed by atoms with Gasteiger partial charge in [0, 0.05) is 23.9 Å². The minimum Gasteiger partial charge on any atom is -0.326 e. The zero-order chi connectivity index (χ0) is 16.7. The van der Waals surface area contributed by atoms with Crippen molar-refractivity contribution in [3.63, 3.8) is 0 Å². The van der Waals surface area contributed by atoms with Gasteiger partial charge in [-0.3, -0.25) is 9.59 Å². The van der Waals surface area contributed by atoms with Crippen molar-refractivity contribution in [2.45, 2.75) is 13.5 Å². The van der Waals surface area contributed by atoms with Gasteiger partial charge in [0.25, 0.3) is 5.91 Å². The molecule has 0 spiro atoms. The quantitative estimate of drug-likeness (QED) is 0.753. The summed E-state index contributed by atoms with van der Waals surface area (Å²) in [6.45, 7) is 2.65. The normalized spacial score (nSPS) is 11.6. The molecule has 2 rings (SSSR count). The second-order valence-corrected chi connectivity index (χ2v) is 5.60. The van der Waals surface area contributed by atoms with Crippen LogP contribution in [0, 0.1) is 0 Å². The van der Waals surface area contributed by atoms with Crippen LogP contribution in [0.5, 0.6) is 0 Å². The molecule has 120 valence electrons. The minimum absolute atomic E-state index is 0.0364. The zero-order valence-electron chi connectivity index (χ0n) is 13.4. The Morgan fingerprint density at radius 1 is 0.913 bits per heavy atom. The fourth-order valence-corrected chi connectivity index (χ4v) is 2.33. The number of amides is 2. The summed E-state index contributed by atoms with van der Waals surface area (Å²) in [5, 5.41) is 5.56. The molecule has 23 heavy (non-hydrogen) atoms. The molecule has 0 aliphatic carbocycles. The third kappa shape index (κ3) is 5.92. The molecule has 0 aliphatic rings. The van der Waals surface area contributed by atoms with E-state index < -0.39 is 0 Å². The first-order valence-electron chi connectivity index (χ1n) is 7.55. The summed E-state index contributed by atoms with van der Waals surface area (Å²) in [6.07, 6.45) is 0. The Bertz CT molecular complexity index is 654. The summed E-state index contributed by atoms with van der Waals surface area (Å²) < 4.78 is 0. The summed E-state index contributed by atoms with van der Waals surface area (Å²) >= 11 is 0. The van der Waals surface area contributed by atoms with Crippen molar-refractivity contribution in [1.82, 2.24) is 0 Å². The summed E-state index contributed by atoms with van der Waals surface area (Å²) in [4.78, 5) is 24.2. The Morgan fingerprint density at radius 2 is 1.48 bits per heavy atom. The second kappa shape index (κ2) is 8.10. The van der Waals surface area contributed by atoms with Gasteiger partial charge < -0.3 is 15.5 Å². The van der Waals surface area contributed by atoms with Crippen molar-refractivity contribution in [3.8, 4) is 0 Å². The number of rotatable bonds is 6. The third-order valence-corrected chi connectivity index (χ3v) is 3.30.